The standard InChI is InChI=1S/C24H19Cl4N5O2S/c1-35-16-5-2-4-14(10-16)13-36-24-32-31-21(33(24)20-11-15(25)8-9-17(20)26)12-29-23(34)30-19-7-3-6-18(27)22(19)28/h2-11H,12-13H2,1H3,(H2,29,30,34). The molecule has 0 atom stereocenters. The van der Waals surface area contributed by atoms with E-state index in [9.17, 15) is 4.79 Å². The predicted octanol–water partition coefficient (Wildman–Crippen LogP) is 7.50. The van der Waals surface area contributed by atoms with Crippen LogP contribution in [0.3, 0.4) is 0 Å². The first-order valence-electron chi connectivity index (χ1n) is 10.5. The number of nitrogens with zero attached hydrogens (tertiary/aromatic N) is 3. The van der Waals surface area contributed by atoms with Gasteiger partial charge in [-0.1, -0.05) is 76.4 Å². The fourth-order valence-corrected chi connectivity index (χ4v) is 4.87. The molecule has 0 radical (unpaired) electrons. The molecule has 0 saturated heterocycles. The number of halogens is 4. The van der Waals surface area contributed by atoms with Gasteiger partial charge in [-0.15, -0.1) is 10.2 Å². The van der Waals surface area contributed by atoms with Gasteiger partial charge in [-0.05, 0) is 48.0 Å². The number of carbonyl (C=O) groups excluding carboxylic acids is 1. The Hall–Kier alpha value is -2.62. The van der Waals surface area contributed by atoms with Crippen molar-refractivity contribution in [3.8, 4) is 11.4 Å². The van der Waals surface area contributed by atoms with E-state index in [1.165, 1.54) is 11.8 Å². The van der Waals surface area contributed by atoms with Crippen LogP contribution >= 0.6 is 58.2 Å². The number of carbonyl (C=O) groups is 1. The highest BCUT2D eigenvalue weighted by Gasteiger charge is 2.18. The van der Waals surface area contributed by atoms with Crippen molar-refractivity contribution in [3.63, 3.8) is 0 Å². The lowest BCUT2D eigenvalue weighted by molar-refractivity contribution is 0.251. The minimum atomic E-state index is -0.489. The largest absolute Gasteiger partial charge is 0.497 e. The van der Waals surface area contributed by atoms with Crippen LogP contribution in [0.25, 0.3) is 5.69 Å². The summed E-state index contributed by atoms with van der Waals surface area (Å²) in [4.78, 5) is 12.6. The Morgan fingerprint density at radius 1 is 1.00 bits per heavy atom. The van der Waals surface area contributed by atoms with Crippen LogP contribution in [0.2, 0.25) is 20.1 Å². The van der Waals surface area contributed by atoms with Crippen LogP contribution in [0.4, 0.5) is 10.5 Å². The van der Waals surface area contributed by atoms with E-state index in [4.69, 9.17) is 51.1 Å². The van der Waals surface area contributed by atoms with Gasteiger partial charge in [0.15, 0.2) is 11.0 Å². The van der Waals surface area contributed by atoms with Crippen LogP contribution in [-0.2, 0) is 12.3 Å². The molecule has 0 unspecified atom stereocenters. The summed E-state index contributed by atoms with van der Waals surface area (Å²) in [6, 6.07) is 17.3. The number of hydrogen-bond acceptors (Lipinski definition) is 5. The Morgan fingerprint density at radius 3 is 2.61 bits per heavy atom. The van der Waals surface area contributed by atoms with Crippen LogP contribution in [0.1, 0.15) is 11.4 Å². The summed E-state index contributed by atoms with van der Waals surface area (Å²) in [6.07, 6.45) is 0. The van der Waals surface area contributed by atoms with Crippen molar-refractivity contribution in [2.75, 3.05) is 12.4 Å². The number of rotatable bonds is 8. The highest BCUT2D eigenvalue weighted by Crippen LogP contribution is 2.32. The number of thioether (sulfide) groups is 1. The lowest BCUT2D eigenvalue weighted by Crippen LogP contribution is -2.29. The molecule has 0 aliphatic carbocycles. The molecule has 2 amide bonds. The number of ether oxygens (including phenoxy) is 1. The summed E-state index contributed by atoms with van der Waals surface area (Å²) >= 11 is 26.4. The lowest BCUT2D eigenvalue weighted by Gasteiger charge is -2.14. The second-order valence-electron chi connectivity index (χ2n) is 7.38. The fraction of sp³-hybridized carbons (Fsp3) is 0.125. The van der Waals surface area contributed by atoms with E-state index < -0.39 is 6.03 Å². The molecule has 0 saturated carbocycles. The van der Waals surface area contributed by atoms with E-state index in [2.05, 4.69) is 20.8 Å². The first-order valence-corrected chi connectivity index (χ1v) is 13.0. The van der Waals surface area contributed by atoms with Crippen LogP contribution in [0.5, 0.6) is 5.75 Å². The van der Waals surface area contributed by atoms with Crippen molar-refractivity contribution in [1.29, 1.82) is 0 Å². The number of amides is 2. The first-order chi connectivity index (χ1) is 17.4. The molecule has 12 heteroatoms. The molecule has 1 aromatic heterocycles. The predicted molar refractivity (Wildman–Crippen MR) is 146 cm³/mol. The smallest absolute Gasteiger partial charge is 0.319 e. The van der Waals surface area contributed by atoms with Gasteiger partial charge in [-0.2, -0.15) is 0 Å². The molecule has 0 spiro atoms. The third-order valence-electron chi connectivity index (χ3n) is 4.96. The summed E-state index contributed by atoms with van der Waals surface area (Å²) in [7, 11) is 1.62. The topological polar surface area (TPSA) is 81.1 Å². The third-order valence-corrected chi connectivity index (χ3v) is 7.33. The Morgan fingerprint density at radius 2 is 1.81 bits per heavy atom. The van der Waals surface area contributed by atoms with E-state index >= 15 is 0 Å². The van der Waals surface area contributed by atoms with Crippen LogP contribution in [-0.4, -0.2) is 27.9 Å². The van der Waals surface area contributed by atoms with E-state index in [1.54, 1.807) is 48.1 Å². The summed E-state index contributed by atoms with van der Waals surface area (Å²) < 4.78 is 7.08. The zero-order valence-electron chi connectivity index (χ0n) is 18.8. The number of nitrogens with one attached hydrogen (secondary N) is 2. The van der Waals surface area contributed by atoms with Gasteiger partial charge in [0.05, 0.1) is 40.1 Å². The van der Waals surface area contributed by atoms with E-state index in [0.29, 0.717) is 43.2 Å². The quantitative estimate of drug-likeness (QED) is 0.210. The van der Waals surface area contributed by atoms with Gasteiger partial charge in [0.1, 0.15) is 5.75 Å². The molecule has 0 bridgehead atoms. The van der Waals surface area contributed by atoms with Gasteiger partial charge in [-0.3, -0.25) is 4.57 Å². The third kappa shape index (κ3) is 6.38. The van der Waals surface area contributed by atoms with Crippen LogP contribution in [0.15, 0.2) is 65.8 Å². The zero-order valence-corrected chi connectivity index (χ0v) is 22.6. The monoisotopic (exact) mass is 581 g/mol. The van der Waals surface area contributed by atoms with Crippen molar-refractivity contribution in [2.45, 2.75) is 17.5 Å². The van der Waals surface area contributed by atoms with Crippen molar-refractivity contribution in [3.05, 3.63) is 92.1 Å². The lowest BCUT2D eigenvalue weighted by atomic mass is 10.2. The minimum absolute atomic E-state index is 0.0551. The SMILES string of the molecule is COc1cccc(CSc2nnc(CNC(=O)Nc3cccc(Cl)c3Cl)n2-c2cc(Cl)ccc2Cl)c1. The molecule has 0 aliphatic rings. The number of urea groups is 1. The maximum Gasteiger partial charge on any atom is 0.319 e. The number of methoxy groups -OCH3 is 1. The van der Waals surface area contributed by atoms with Gasteiger partial charge >= 0.3 is 6.03 Å². The highest BCUT2D eigenvalue weighted by molar-refractivity contribution is 7.98. The summed E-state index contributed by atoms with van der Waals surface area (Å²) in [6.45, 7) is 0.0551. The second-order valence-corrected chi connectivity index (χ2v) is 9.95. The summed E-state index contributed by atoms with van der Waals surface area (Å²) in [5.41, 5.74) is 2.02. The maximum absolute atomic E-state index is 12.6. The molecule has 4 aromatic rings. The molecule has 3 aromatic carbocycles. The second kappa shape index (κ2) is 12.1. The average molecular weight is 583 g/mol. The van der Waals surface area contributed by atoms with E-state index in [-0.39, 0.29) is 11.6 Å². The van der Waals surface area contributed by atoms with Crippen molar-refractivity contribution in [1.82, 2.24) is 20.1 Å². The molecular formula is C24H19Cl4N5O2S. The Balaban J connectivity index is 1.56. The minimum Gasteiger partial charge on any atom is -0.497 e. The van der Waals surface area contributed by atoms with E-state index in [0.717, 1.165) is 11.3 Å². The van der Waals surface area contributed by atoms with Gasteiger partial charge in [0.25, 0.3) is 0 Å². The molecule has 0 aliphatic heterocycles. The zero-order chi connectivity index (χ0) is 25.7. The summed E-state index contributed by atoms with van der Waals surface area (Å²) in [5, 5.41) is 16.2. The first kappa shape index (κ1) is 26.4. The Bertz CT molecular complexity index is 1400. The van der Waals surface area contributed by atoms with Gasteiger partial charge in [0.2, 0.25) is 0 Å². The van der Waals surface area contributed by atoms with E-state index in [1.807, 2.05) is 24.3 Å². The van der Waals surface area contributed by atoms with Crippen molar-refractivity contribution < 1.29 is 9.53 Å². The van der Waals surface area contributed by atoms with Crippen molar-refractivity contribution in [2.24, 2.45) is 0 Å². The molecule has 1 heterocycles. The highest BCUT2D eigenvalue weighted by atomic mass is 35.5. The number of hydrogen-bond donors (Lipinski definition) is 2. The molecule has 7 nitrogen and oxygen atoms in total. The summed E-state index contributed by atoms with van der Waals surface area (Å²) in [5.74, 6) is 1.83. The molecule has 4 rings (SSSR count). The molecule has 186 valence electrons. The number of benzene rings is 3. The molecular weight excluding hydrogens is 564 g/mol. The van der Waals surface area contributed by atoms with Crippen LogP contribution < -0.4 is 15.4 Å². The van der Waals surface area contributed by atoms with Crippen LogP contribution in [0, 0.1) is 0 Å². The normalized spacial score (nSPS) is 10.8. The molecule has 2 N–H and O–H groups in total. The Labute approximate surface area is 232 Å². The van der Waals surface area contributed by atoms with Gasteiger partial charge in [-0.25, -0.2) is 4.79 Å². The number of anilines is 1. The van der Waals surface area contributed by atoms with Gasteiger partial charge < -0.3 is 15.4 Å². The molecule has 0 fully saturated rings. The maximum atomic E-state index is 12.6. The van der Waals surface area contributed by atoms with Gasteiger partial charge in [0, 0.05) is 10.8 Å². The Kier molecular flexibility index (Phi) is 8.87. The average Bonchev–Trinajstić information content (AvgIpc) is 3.28. The fourth-order valence-electron chi connectivity index (χ4n) is 3.24. The van der Waals surface area contributed by atoms with Crippen molar-refractivity contribution >= 4 is 69.9 Å². The molecule has 36 heavy (non-hydrogen) atoms. The number of aromatic nitrogens is 3.